The number of amides is 4. The minimum atomic E-state index is -0.555. The number of fused-ring (bicyclic) bond motifs is 5. The molecule has 8 atom stereocenters. The normalized spacial score (nSPS) is 15.9. The van der Waals surface area contributed by atoms with Crippen molar-refractivity contribution >= 4 is 168 Å². The number of carbonyl (C=O) groups excluding carboxylic acids is 5. The highest BCUT2D eigenvalue weighted by atomic mass is 32.1. The van der Waals surface area contributed by atoms with Gasteiger partial charge in [0.1, 0.15) is 58.3 Å². The molecule has 10 aromatic heterocycles. The first-order valence-corrected chi connectivity index (χ1v) is 48.3. The first-order valence-electron chi connectivity index (χ1n) is 44.3. The van der Waals surface area contributed by atoms with Gasteiger partial charge in [0, 0.05) is 58.8 Å². The van der Waals surface area contributed by atoms with Gasteiger partial charge in [0.05, 0.1) is 73.6 Å². The molecule has 4 aliphatic rings. The number of β-amino-alcohol motifs (C(OH)–C–C–N with tert-alkyl or cyclic N) is 2. The Kier molecular flexibility index (Phi) is 31.1. The largest absolute Gasteiger partial charge is 0.393 e. The SMILES string of the molecule is Cc1nc2nc(N[C@@H](C)c3cccc(F)c3)nc(C(=O)CC[C@@H](C)O)c2s1.Cc1nc2nc(N[C@@H](C)c3cccc(F)c3)nc(C(=O)N3CCC3)c2s1.Cc1nc2nc(N[C@@H](C)c3cccc(F)c3)nc(C(=O)N3CCCC3)c2s1.Cc1nc2nc(N[C@@H](C)c3cccc(F)c3)nc(C(=O)N3CC[C@@H](O)C3)c2s1.Cc1nc2nc(N[C@@H](C)c3cccc(F)c3)nc(C(=O)N3CC[C@H](O)C3)c2s1. The fourth-order valence-corrected chi connectivity index (χ4v) is 19.6. The molecule has 8 N–H and O–H groups in total. The van der Waals surface area contributed by atoms with E-state index in [1.54, 1.807) is 58.0 Å². The number of benzene rings is 5. The summed E-state index contributed by atoms with van der Waals surface area (Å²) in [6.07, 6.45) is 3.16. The molecule has 19 rings (SSSR count). The Labute approximate surface area is 798 Å². The van der Waals surface area contributed by atoms with Crippen LogP contribution in [0, 0.1) is 63.7 Å². The summed E-state index contributed by atoms with van der Waals surface area (Å²) < 4.78 is 70.8. The van der Waals surface area contributed by atoms with Gasteiger partial charge in [-0.1, -0.05) is 60.7 Å². The van der Waals surface area contributed by atoms with E-state index >= 15 is 0 Å². The van der Waals surface area contributed by atoms with E-state index in [9.17, 15) is 61.2 Å². The predicted molar refractivity (Wildman–Crippen MR) is 516 cm³/mol. The number of ketones is 1. The molecule has 136 heavy (non-hydrogen) atoms. The van der Waals surface area contributed by atoms with E-state index in [1.165, 1.54) is 117 Å². The van der Waals surface area contributed by atoms with Crippen LogP contribution in [0.4, 0.5) is 51.7 Å². The number of aliphatic hydroxyl groups excluding tert-OH is 3. The lowest BCUT2D eigenvalue weighted by Gasteiger charge is -2.30. The molecular formula is C94H99F5N24O8S5. The molecule has 0 unspecified atom stereocenters. The highest BCUT2D eigenvalue weighted by molar-refractivity contribution is 7.20. The van der Waals surface area contributed by atoms with E-state index in [1.807, 2.05) is 98.4 Å². The number of aromatic nitrogens is 15. The van der Waals surface area contributed by atoms with Gasteiger partial charge >= 0.3 is 0 Å². The molecule has 14 heterocycles. The van der Waals surface area contributed by atoms with E-state index in [0.29, 0.717) is 126 Å². The van der Waals surface area contributed by atoms with Crippen LogP contribution in [0.15, 0.2) is 121 Å². The van der Waals surface area contributed by atoms with Crippen molar-refractivity contribution in [2.45, 2.75) is 170 Å². The number of nitrogens with zero attached hydrogens (tertiary/aromatic N) is 19. The number of rotatable bonds is 23. The van der Waals surface area contributed by atoms with Crippen molar-refractivity contribution < 1.29 is 61.2 Å². The molecule has 42 heteroatoms. The molecular weight excluding hydrogens is 1850 g/mol. The average Bonchev–Trinajstić information content (AvgIpc) is 1.64. The molecule has 4 fully saturated rings. The van der Waals surface area contributed by atoms with Crippen molar-refractivity contribution in [2.75, 3.05) is 78.9 Å². The summed E-state index contributed by atoms with van der Waals surface area (Å²) in [5, 5.41) is 48.7. The second-order valence-corrected chi connectivity index (χ2v) is 39.4. The Bertz CT molecular complexity index is 6750. The van der Waals surface area contributed by atoms with E-state index in [2.05, 4.69) is 101 Å². The van der Waals surface area contributed by atoms with Gasteiger partial charge in [-0.2, -0.15) is 24.9 Å². The summed E-state index contributed by atoms with van der Waals surface area (Å²) in [5.74, 6) is -0.913. The fraction of sp³-hybridized carbons (Fsp3) is 0.362. The van der Waals surface area contributed by atoms with Gasteiger partial charge in [-0.15, -0.1) is 56.7 Å². The number of halogens is 5. The molecule has 708 valence electrons. The van der Waals surface area contributed by atoms with Gasteiger partial charge in [-0.3, -0.25) is 24.0 Å². The average molecular weight is 1950 g/mol. The topological polar surface area (TPSA) is 412 Å². The minimum Gasteiger partial charge on any atom is -0.393 e. The maximum atomic E-state index is 13.5. The van der Waals surface area contributed by atoms with E-state index in [4.69, 9.17) is 0 Å². The lowest BCUT2D eigenvalue weighted by molar-refractivity contribution is 0.0647. The van der Waals surface area contributed by atoms with Crippen molar-refractivity contribution in [2.24, 2.45) is 0 Å². The Balaban J connectivity index is 0.000000129. The second-order valence-electron chi connectivity index (χ2n) is 33.4. The molecule has 4 saturated heterocycles. The first kappa shape index (κ1) is 97.6. The Hall–Kier alpha value is -13.0. The molecule has 5 aromatic carbocycles. The van der Waals surface area contributed by atoms with Crippen LogP contribution in [-0.2, 0) is 0 Å². The van der Waals surface area contributed by atoms with Gasteiger partial charge in [-0.05, 0) is 203 Å². The molecule has 0 radical (unpaired) electrons. The third kappa shape index (κ3) is 24.1. The molecule has 4 aliphatic heterocycles. The number of hydrogen-bond acceptors (Lipinski definition) is 33. The third-order valence-corrected chi connectivity index (χ3v) is 27.4. The quantitative estimate of drug-likeness (QED) is 0.0218. The Morgan fingerprint density at radius 2 is 0.574 bits per heavy atom. The van der Waals surface area contributed by atoms with Gasteiger partial charge in [-0.25, -0.2) is 71.8 Å². The van der Waals surface area contributed by atoms with E-state index in [-0.39, 0.29) is 124 Å². The van der Waals surface area contributed by atoms with Crippen LogP contribution in [-0.4, -0.2) is 210 Å². The predicted octanol–water partition coefficient (Wildman–Crippen LogP) is 17.4. The van der Waals surface area contributed by atoms with Crippen LogP contribution in [0.2, 0.25) is 0 Å². The fourth-order valence-electron chi connectivity index (χ4n) is 15.3. The highest BCUT2D eigenvalue weighted by Crippen LogP contribution is 2.36. The van der Waals surface area contributed by atoms with Crippen LogP contribution < -0.4 is 26.6 Å². The smallest absolute Gasteiger partial charge is 0.274 e. The van der Waals surface area contributed by atoms with Gasteiger partial charge in [0.25, 0.3) is 23.6 Å². The number of nitrogens with one attached hydrogen (secondary N) is 5. The summed E-state index contributed by atoms with van der Waals surface area (Å²) in [5.41, 5.74) is 7.82. The summed E-state index contributed by atoms with van der Waals surface area (Å²) >= 11 is 6.96. The van der Waals surface area contributed by atoms with Crippen molar-refractivity contribution in [1.29, 1.82) is 0 Å². The second kappa shape index (κ2) is 43.4. The summed E-state index contributed by atoms with van der Waals surface area (Å²) in [6.45, 7) is 25.0. The summed E-state index contributed by atoms with van der Waals surface area (Å²) in [4.78, 5) is 138. The van der Waals surface area contributed by atoms with Gasteiger partial charge < -0.3 is 61.5 Å². The molecule has 0 aliphatic carbocycles. The van der Waals surface area contributed by atoms with Crippen LogP contribution in [0.5, 0.6) is 0 Å². The van der Waals surface area contributed by atoms with E-state index in [0.717, 1.165) is 98.3 Å². The number of aliphatic hydroxyl groups is 3. The standard InChI is InChI=1S/2C19H20FN5O2S.C19H20FN5OS.C19H21FN4O2S.C18H18FN5OS/c2*1-10(12-4-3-5-13(20)8-12)21-19-23-15(16-17(24-19)22-11(2)28-16)18(27)25-7-6-14(26)9-25;1-11(13-6-5-7-14(20)10-13)21-19-23-15(18(26)25-8-3-4-9-25)16-17(24-19)22-12(2)27-16;1-10(25)7-8-15(26)16-17-18(22-12(3)27-17)24-19(23-16)21-11(2)13-5-4-6-14(20)9-13;1-10(12-5-3-6-13(19)9-12)20-18-22-14(17(25)24-7-4-8-24)15-16(23-18)21-11(2)26-15/h2*3-5,8,10,14,26H,6-7,9H2,1-2H3,(H,21,23,24);5-7,10-11H,3-4,8-9H2,1-2H3,(H,21,23,24);4-6,9-11,25H,7-8H2,1-3H3,(H,21,23,24);3,5-6,9-10H,4,7-8H2,1-2H3,(H,20,22,23)/t10-,14+;10-,14-;11-;10-,11+;10-/m00010/s1. The number of hydrogen-bond donors (Lipinski definition) is 8. The van der Waals surface area contributed by atoms with Gasteiger partial charge in [0.2, 0.25) is 29.7 Å². The number of carbonyl (C=O) groups is 5. The summed E-state index contributed by atoms with van der Waals surface area (Å²) in [6, 6.07) is 30.4. The molecule has 0 saturated carbocycles. The number of anilines is 5. The molecule has 32 nitrogen and oxygen atoms in total. The monoisotopic (exact) mass is 1950 g/mol. The van der Waals surface area contributed by atoms with Crippen LogP contribution in [0.1, 0.15) is 222 Å². The molecule has 0 bridgehead atoms. The number of thiazole rings is 5. The van der Waals surface area contributed by atoms with Crippen LogP contribution >= 0.6 is 56.7 Å². The molecule has 0 spiro atoms. The van der Waals surface area contributed by atoms with E-state index < -0.39 is 18.3 Å². The van der Waals surface area contributed by atoms with Crippen LogP contribution in [0.3, 0.4) is 0 Å². The zero-order chi connectivity index (χ0) is 96.4. The van der Waals surface area contributed by atoms with Crippen molar-refractivity contribution in [3.63, 3.8) is 0 Å². The first-order chi connectivity index (χ1) is 65.1. The maximum Gasteiger partial charge on any atom is 0.274 e. The number of aryl methyl sites for hydroxylation is 5. The van der Waals surface area contributed by atoms with Crippen molar-refractivity contribution in [1.82, 2.24) is 94.4 Å². The number of Topliss-reactive ketones (excluding diaryl/α,β-unsaturated/α-hetero) is 1. The molecule has 4 amide bonds. The maximum absolute atomic E-state index is 13.5. The minimum absolute atomic E-state index is 0.0787. The van der Waals surface area contributed by atoms with Gasteiger partial charge in [0.15, 0.2) is 56.8 Å². The Morgan fingerprint density at radius 1 is 0.338 bits per heavy atom. The zero-order valence-electron chi connectivity index (χ0n) is 76.1. The van der Waals surface area contributed by atoms with Crippen molar-refractivity contribution in [3.8, 4) is 0 Å². The summed E-state index contributed by atoms with van der Waals surface area (Å²) in [7, 11) is 0. The zero-order valence-corrected chi connectivity index (χ0v) is 80.2. The van der Waals surface area contributed by atoms with Crippen LogP contribution in [0.25, 0.3) is 51.7 Å². The lowest BCUT2D eigenvalue weighted by atomic mass is 10.1. The number of likely N-dealkylation sites (tertiary alicyclic amines) is 4. The molecule has 15 aromatic rings. The Morgan fingerprint density at radius 3 is 0.794 bits per heavy atom. The van der Waals surface area contributed by atoms with Crippen molar-refractivity contribution in [3.05, 3.63) is 232 Å². The third-order valence-electron chi connectivity index (χ3n) is 22.6. The lowest BCUT2D eigenvalue weighted by Crippen LogP contribution is -2.42. The highest BCUT2D eigenvalue weighted by Gasteiger charge is 2.34.